The number of carbonyl (C=O) groups is 1. The predicted molar refractivity (Wildman–Crippen MR) is 141 cm³/mol. The normalized spacial score (nSPS) is 14.4. The van der Waals surface area contributed by atoms with Crippen molar-refractivity contribution in [1.29, 1.82) is 0 Å². The summed E-state index contributed by atoms with van der Waals surface area (Å²) in [5.74, 6) is 0.937. The van der Waals surface area contributed by atoms with Gasteiger partial charge in [-0.25, -0.2) is 4.68 Å². The Labute approximate surface area is 209 Å². The third-order valence-corrected chi connectivity index (χ3v) is 7.74. The summed E-state index contributed by atoms with van der Waals surface area (Å²) in [6.07, 6.45) is 3.04. The van der Waals surface area contributed by atoms with Gasteiger partial charge in [-0.3, -0.25) is 4.79 Å². The molecule has 4 aromatic rings. The minimum absolute atomic E-state index is 0.111. The van der Waals surface area contributed by atoms with E-state index < -0.39 is 0 Å². The quantitative estimate of drug-likeness (QED) is 0.403. The van der Waals surface area contributed by atoms with E-state index in [4.69, 9.17) is 14.8 Å². The number of aromatic nitrogens is 3. The van der Waals surface area contributed by atoms with E-state index in [1.807, 2.05) is 35.9 Å². The van der Waals surface area contributed by atoms with E-state index in [-0.39, 0.29) is 11.9 Å². The first kappa shape index (κ1) is 23.4. The number of thiazole rings is 1. The summed E-state index contributed by atoms with van der Waals surface area (Å²) in [5.41, 5.74) is 5.27. The van der Waals surface area contributed by atoms with Gasteiger partial charge in [-0.15, -0.1) is 0 Å². The number of hydrogen-bond donors (Lipinski definition) is 1. The number of amides is 1. The molecule has 0 aliphatic carbocycles. The Balaban J connectivity index is 1.18. The summed E-state index contributed by atoms with van der Waals surface area (Å²) in [4.78, 5) is 19.8. The van der Waals surface area contributed by atoms with E-state index in [0.717, 1.165) is 64.1 Å². The molecule has 2 aromatic heterocycles. The first-order chi connectivity index (χ1) is 17.0. The van der Waals surface area contributed by atoms with E-state index >= 15 is 0 Å². The van der Waals surface area contributed by atoms with Gasteiger partial charge in [-0.1, -0.05) is 35.6 Å². The van der Waals surface area contributed by atoms with Gasteiger partial charge >= 0.3 is 0 Å². The fourth-order valence-corrected chi connectivity index (χ4v) is 5.64. The molecule has 35 heavy (non-hydrogen) atoms. The van der Waals surface area contributed by atoms with Crippen molar-refractivity contribution in [3.63, 3.8) is 0 Å². The first-order valence-corrected chi connectivity index (χ1v) is 12.9. The fraction of sp³-hybridized carbons (Fsp3) is 0.370. The van der Waals surface area contributed by atoms with Crippen molar-refractivity contribution in [2.45, 2.75) is 45.6 Å². The second-order valence-corrected chi connectivity index (χ2v) is 10.1. The largest absolute Gasteiger partial charge is 0.497 e. The van der Waals surface area contributed by atoms with Crippen LogP contribution in [0.5, 0.6) is 5.75 Å². The Morgan fingerprint density at radius 1 is 1.14 bits per heavy atom. The maximum Gasteiger partial charge on any atom is 0.220 e. The molecule has 1 saturated heterocycles. The van der Waals surface area contributed by atoms with Gasteiger partial charge in [-0.2, -0.15) is 10.1 Å². The molecule has 1 fully saturated rings. The number of carbonyl (C=O) groups excluding carboxylic acids is 1. The highest BCUT2D eigenvalue weighted by Gasteiger charge is 2.24. The molecule has 7 nitrogen and oxygen atoms in total. The monoisotopic (exact) mass is 489 g/mol. The Morgan fingerprint density at radius 3 is 2.71 bits per heavy atom. The Morgan fingerprint density at radius 2 is 1.94 bits per heavy atom. The lowest BCUT2D eigenvalue weighted by Gasteiger charge is -2.32. The number of rotatable bonds is 7. The fourth-order valence-electron chi connectivity index (χ4n) is 4.60. The number of fused-ring (bicyclic) bond motifs is 1. The van der Waals surface area contributed by atoms with Gasteiger partial charge in [0.25, 0.3) is 0 Å². The van der Waals surface area contributed by atoms with Crippen molar-refractivity contribution in [3.05, 3.63) is 65.4 Å². The van der Waals surface area contributed by atoms with E-state index in [0.29, 0.717) is 12.8 Å². The third kappa shape index (κ3) is 5.17. The maximum absolute atomic E-state index is 12.5. The molecule has 2 aromatic carbocycles. The SMILES string of the molecule is COc1cccc(CCC(=O)NC2CCN(c3nc4c(s3)c(C)nn4-c3cccc(C)c3)CC2)c1. The standard InChI is InChI=1S/C27H31N5O2S/c1-18-6-4-8-22(16-18)32-26-25(19(2)30-32)35-27(29-26)31-14-12-21(13-15-31)28-24(33)11-10-20-7-5-9-23(17-20)34-3/h4-9,16-17,21H,10-15H2,1-3H3,(H,28,33). The molecule has 5 rings (SSSR count). The highest BCUT2D eigenvalue weighted by Crippen LogP contribution is 2.33. The maximum atomic E-state index is 12.5. The van der Waals surface area contributed by atoms with Gasteiger partial charge in [-0.05, 0) is 68.5 Å². The number of piperidine rings is 1. The van der Waals surface area contributed by atoms with Crippen LogP contribution in [-0.4, -0.2) is 46.9 Å². The highest BCUT2D eigenvalue weighted by molar-refractivity contribution is 7.22. The molecule has 0 atom stereocenters. The van der Waals surface area contributed by atoms with Crippen LogP contribution in [0, 0.1) is 13.8 Å². The van der Waals surface area contributed by atoms with Gasteiger partial charge in [0.1, 0.15) is 5.75 Å². The number of benzene rings is 2. The lowest BCUT2D eigenvalue weighted by atomic mass is 10.0. The van der Waals surface area contributed by atoms with Crippen molar-refractivity contribution >= 4 is 32.7 Å². The van der Waals surface area contributed by atoms with Gasteiger partial charge in [0.2, 0.25) is 5.91 Å². The summed E-state index contributed by atoms with van der Waals surface area (Å²) in [7, 11) is 1.66. The van der Waals surface area contributed by atoms with E-state index in [1.54, 1.807) is 18.4 Å². The van der Waals surface area contributed by atoms with Crippen LogP contribution in [-0.2, 0) is 11.2 Å². The minimum atomic E-state index is 0.111. The third-order valence-electron chi connectivity index (χ3n) is 6.53. The van der Waals surface area contributed by atoms with E-state index in [9.17, 15) is 4.79 Å². The lowest BCUT2D eigenvalue weighted by Crippen LogP contribution is -2.44. The minimum Gasteiger partial charge on any atom is -0.497 e. The molecule has 0 radical (unpaired) electrons. The van der Waals surface area contributed by atoms with E-state index in [1.165, 1.54) is 5.56 Å². The van der Waals surface area contributed by atoms with Crippen molar-refractivity contribution in [2.75, 3.05) is 25.1 Å². The number of nitrogens with one attached hydrogen (secondary N) is 1. The van der Waals surface area contributed by atoms with Gasteiger partial charge in [0.05, 0.1) is 23.2 Å². The second kappa shape index (κ2) is 10.1. The van der Waals surface area contributed by atoms with Gasteiger partial charge in [0, 0.05) is 25.6 Å². The molecule has 1 aliphatic heterocycles. The van der Waals surface area contributed by atoms with Gasteiger partial charge < -0.3 is 15.0 Å². The molecule has 0 unspecified atom stereocenters. The Bertz CT molecular complexity index is 1340. The summed E-state index contributed by atoms with van der Waals surface area (Å²) in [5, 5.41) is 8.99. The molecule has 1 aliphatic rings. The van der Waals surface area contributed by atoms with Crippen LogP contribution < -0.4 is 15.0 Å². The molecule has 0 bridgehead atoms. The summed E-state index contributed by atoms with van der Waals surface area (Å²) < 4.78 is 8.35. The van der Waals surface area contributed by atoms with Crippen LogP contribution in [0.15, 0.2) is 48.5 Å². The van der Waals surface area contributed by atoms with E-state index in [2.05, 4.69) is 41.4 Å². The number of nitrogens with zero attached hydrogens (tertiary/aromatic N) is 4. The summed E-state index contributed by atoms with van der Waals surface area (Å²) >= 11 is 1.71. The smallest absolute Gasteiger partial charge is 0.220 e. The number of anilines is 1. The lowest BCUT2D eigenvalue weighted by molar-refractivity contribution is -0.121. The average molecular weight is 490 g/mol. The number of ether oxygens (including phenoxy) is 1. The van der Waals surface area contributed by atoms with Crippen LogP contribution in [0.3, 0.4) is 0 Å². The van der Waals surface area contributed by atoms with Gasteiger partial charge in [0.15, 0.2) is 10.8 Å². The van der Waals surface area contributed by atoms with Crippen molar-refractivity contribution in [1.82, 2.24) is 20.1 Å². The number of methoxy groups -OCH3 is 1. The van der Waals surface area contributed by atoms with Crippen LogP contribution in [0.25, 0.3) is 16.0 Å². The first-order valence-electron chi connectivity index (χ1n) is 12.1. The molecule has 3 heterocycles. The topological polar surface area (TPSA) is 72.3 Å². The van der Waals surface area contributed by atoms with Crippen molar-refractivity contribution < 1.29 is 9.53 Å². The molecule has 182 valence electrons. The van der Waals surface area contributed by atoms with Crippen LogP contribution >= 0.6 is 11.3 Å². The molecule has 0 spiro atoms. The second-order valence-electron chi connectivity index (χ2n) is 9.17. The van der Waals surface area contributed by atoms with Crippen LogP contribution in [0.4, 0.5) is 5.13 Å². The Hall–Kier alpha value is -3.39. The zero-order chi connectivity index (χ0) is 24.4. The van der Waals surface area contributed by atoms with Crippen molar-refractivity contribution in [3.8, 4) is 11.4 Å². The van der Waals surface area contributed by atoms with Crippen molar-refractivity contribution in [2.24, 2.45) is 0 Å². The average Bonchev–Trinajstić information content (AvgIpc) is 3.44. The van der Waals surface area contributed by atoms with Crippen LogP contribution in [0.2, 0.25) is 0 Å². The predicted octanol–water partition coefficient (Wildman–Crippen LogP) is 4.83. The number of hydrogen-bond acceptors (Lipinski definition) is 6. The summed E-state index contributed by atoms with van der Waals surface area (Å²) in [6, 6.07) is 16.5. The zero-order valence-electron chi connectivity index (χ0n) is 20.5. The zero-order valence-corrected chi connectivity index (χ0v) is 21.3. The van der Waals surface area contributed by atoms with Crippen LogP contribution in [0.1, 0.15) is 36.1 Å². The highest BCUT2D eigenvalue weighted by atomic mass is 32.1. The molecule has 1 amide bonds. The molecule has 0 saturated carbocycles. The molecular weight excluding hydrogens is 458 g/mol. The number of aryl methyl sites for hydroxylation is 3. The molecule has 1 N–H and O–H groups in total. The summed E-state index contributed by atoms with van der Waals surface area (Å²) in [6.45, 7) is 5.90. The molecular formula is C27H31N5O2S. The Kier molecular flexibility index (Phi) is 6.72. The molecule has 8 heteroatoms.